The Morgan fingerprint density at radius 2 is 1.88 bits per heavy atom. The van der Waals surface area contributed by atoms with Crippen LogP contribution in [0.25, 0.3) is 10.6 Å². The van der Waals surface area contributed by atoms with Crippen LogP contribution in [0.1, 0.15) is 21.6 Å². The number of hydrogen-bond donors (Lipinski definition) is 1. The van der Waals surface area contributed by atoms with E-state index in [0.717, 1.165) is 22.2 Å². The van der Waals surface area contributed by atoms with Crippen LogP contribution in [0.2, 0.25) is 0 Å². The number of nitrogens with one attached hydrogen (secondary N) is 1. The van der Waals surface area contributed by atoms with Crippen molar-refractivity contribution in [2.24, 2.45) is 0 Å². The number of nitrogens with zero attached hydrogens (tertiary/aromatic N) is 1. The van der Waals surface area contributed by atoms with Gasteiger partial charge in [-0.1, -0.05) is 24.3 Å². The van der Waals surface area contributed by atoms with E-state index in [1.165, 1.54) is 11.3 Å². The molecule has 25 heavy (non-hydrogen) atoms. The van der Waals surface area contributed by atoms with Crippen LogP contribution in [0.4, 0.5) is 13.2 Å². The second kappa shape index (κ2) is 7.06. The van der Waals surface area contributed by atoms with Gasteiger partial charge >= 0.3 is 0 Å². The first kappa shape index (κ1) is 17.2. The molecule has 128 valence electrons. The summed E-state index contributed by atoms with van der Waals surface area (Å²) >= 11 is 1.43. The van der Waals surface area contributed by atoms with Gasteiger partial charge in [0.1, 0.15) is 5.01 Å². The number of amides is 1. The number of carbonyl (C=O) groups excluding carboxylic acids is 1. The molecule has 1 heterocycles. The molecule has 0 aliphatic rings. The average Bonchev–Trinajstić information content (AvgIpc) is 3.07. The summed E-state index contributed by atoms with van der Waals surface area (Å²) in [5.41, 5.74) is 2.13. The molecule has 0 unspecified atom stereocenters. The van der Waals surface area contributed by atoms with E-state index in [9.17, 15) is 18.0 Å². The lowest BCUT2D eigenvalue weighted by Gasteiger charge is -2.05. The second-order valence-corrected chi connectivity index (χ2v) is 6.22. The molecule has 0 spiro atoms. The Morgan fingerprint density at radius 1 is 1.12 bits per heavy atom. The Bertz CT molecular complexity index is 940. The molecule has 0 saturated carbocycles. The van der Waals surface area contributed by atoms with Crippen molar-refractivity contribution >= 4 is 17.2 Å². The summed E-state index contributed by atoms with van der Waals surface area (Å²) in [4.78, 5) is 16.4. The highest BCUT2D eigenvalue weighted by Crippen LogP contribution is 2.26. The van der Waals surface area contributed by atoms with Crippen LogP contribution < -0.4 is 5.32 Å². The van der Waals surface area contributed by atoms with Gasteiger partial charge in [-0.25, -0.2) is 18.2 Å². The summed E-state index contributed by atoms with van der Waals surface area (Å²) in [5, 5.41) is 5.05. The van der Waals surface area contributed by atoms with Crippen LogP contribution in [-0.2, 0) is 6.54 Å². The summed E-state index contributed by atoms with van der Waals surface area (Å²) in [6.45, 7) is 2.03. The van der Waals surface area contributed by atoms with Crippen molar-refractivity contribution in [1.82, 2.24) is 10.3 Å². The van der Waals surface area contributed by atoms with Gasteiger partial charge in [-0.05, 0) is 24.6 Å². The number of aryl methyl sites for hydroxylation is 1. The topological polar surface area (TPSA) is 42.0 Å². The summed E-state index contributed by atoms with van der Waals surface area (Å²) in [5.74, 6) is -5.34. The zero-order valence-corrected chi connectivity index (χ0v) is 14.0. The van der Waals surface area contributed by atoms with E-state index < -0.39 is 28.9 Å². The highest BCUT2D eigenvalue weighted by atomic mass is 32.1. The molecule has 3 aromatic rings. The van der Waals surface area contributed by atoms with E-state index >= 15 is 0 Å². The van der Waals surface area contributed by atoms with Gasteiger partial charge in [0.2, 0.25) is 0 Å². The zero-order valence-electron chi connectivity index (χ0n) is 13.1. The molecule has 1 N–H and O–H groups in total. The monoisotopic (exact) mass is 362 g/mol. The van der Waals surface area contributed by atoms with Crippen LogP contribution in [0.15, 0.2) is 41.8 Å². The first-order valence-electron chi connectivity index (χ1n) is 7.39. The molecule has 0 aliphatic carbocycles. The Hall–Kier alpha value is -2.67. The average molecular weight is 362 g/mol. The zero-order chi connectivity index (χ0) is 18.0. The van der Waals surface area contributed by atoms with Crippen molar-refractivity contribution in [3.63, 3.8) is 0 Å². The van der Waals surface area contributed by atoms with Gasteiger partial charge in [-0.2, -0.15) is 0 Å². The minimum absolute atomic E-state index is 0.0552. The molecule has 0 saturated heterocycles. The fraction of sp³-hybridized carbons (Fsp3) is 0.111. The fourth-order valence-electron chi connectivity index (χ4n) is 2.29. The van der Waals surface area contributed by atoms with Gasteiger partial charge in [0.05, 0.1) is 17.8 Å². The van der Waals surface area contributed by atoms with Crippen molar-refractivity contribution in [3.05, 3.63) is 76.1 Å². The molecule has 0 atom stereocenters. The predicted molar refractivity (Wildman–Crippen MR) is 89.8 cm³/mol. The Morgan fingerprint density at radius 3 is 2.64 bits per heavy atom. The molecule has 0 bridgehead atoms. The molecule has 2 aromatic carbocycles. The molecule has 3 nitrogen and oxygen atoms in total. The first-order valence-corrected chi connectivity index (χ1v) is 8.27. The third-order valence-corrected chi connectivity index (χ3v) is 4.56. The van der Waals surface area contributed by atoms with Gasteiger partial charge in [0.25, 0.3) is 5.91 Å². The Balaban J connectivity index is 1.72. The minimum atomic E-state index is -1.66. The Kier molecular flexibility index (Phi) is 4.85. The number of rotatable bonds is 4. The predicted octanol–water partition coefficient (Wildman–Crippen LogP) is 4.47. The van der Waals surface area contributed by atoms with Gasteiger partial charge in [-0.3, -0.25) is 4.79 Å². The van der Waals surface area contributed by atoms with Crippen molar-refractivity contribution in [2.45, 2.75) is 13.5 Å². The number of thiazole rings is 1. The molecular weight excluding hydrogens is 349 g/mol. The number of benzene rings is 2. The van der Waals surface area contributed by atoms with Crippen molar-refractivity contribution in [3.8, 4) is 10.6 Å². The maximum Gasteiger partial charge on any atom is 0.254 e. The molecule has 1 aromatic heterocycles. The van der Waals surface area contributed by atoms with Crippen molar-refractivity contribution in [1.29, 1.82) is 0 Å². The molecule has 1 amide bonds. The summed E-state index contributed by atoms with van der Waals surface area (Å²) in [6.07, 6.45) is 0. The molecule has 7 heteroatoms. The normalized spacial score (nSPS) is 10.7. The highest BCUT2D eigenvalue weighted by molar-refractivity contribution is 7.13. The second-order valence-electron chi connectivity index (χ2n) is 5.36. The van der Waals surface area contributed by atoms with Crippen molar-refractivity contribution in [2.75, 3.05) is 0 Å². The number of carbonyl (C=O) groups is 1. The minimum Gasteiger partial charge on any atom is -0.346 e. The van der Waals surface area contributed by atoms with Gasteiger partial charge in [0.15, 0.2) is 17.5 Å². The number of halogens is 3. The van der Waals surface area contributed by atoms with E-state index in [0.29, 0.717) is 11.8 Å². The SMILES string of the molecule is Cc1ccccc1-c1nc(CNC(=O)c2ccc(F)c(F)c2F)cs1. The lowest BCUT2D eigenvalue weighted by molar-refractivity contribution is 0.0945. The standard InChI is InChI=1S/C18H13F3N2OS/c1-10-4-2-3-5-12(10)18-23-11(9-25-18)8-22-17(24)13-6-7-14(19)16(21)15(13)20/h2-7,9H,8H2,1H3,(H,22,24). The van der Waals surface area contributed by atoms with E-state index in [2.05, 4.69) is 10.3 Å². The first-order chi connectivity index (χ1) is 12.0. The van der Waals surface area contributed by atoms with Crippen LogP contribution in [-0.4, -0.2) is 10.9 Å². The summed E-state index contributed by atoms with van der Waals surface area (Å²) in [6, 6.07) is 9.40. The van der Waals surface area contributed by atoms with E-state index in [4.69, 9.17) is 0 Å². The smallest absolute Gasteiger partial charge is 0.254 e. The fourth-order valence-corrected chi connectivity index (χ4v) is 3.20. The molecule has 0 aliphatic heterocycles. The molecule has 0 radical (unpaired) electrons. The maximum absolute atomic E-state index is 13.6. The van der Waals surface area contributed by atoms with Gasteiger partial charge in [-0.15, -0.1) is 11.3 Å². The van der Waals surface area contributed by atoms with E-state index in [1.807, 2.05) is 31.2 Å². The molecule has 3 rings (SSSR count). The lowest BCUT2D eigenvalue weighted by Crippen LogP contribution is -2.24. The van der Waals surface area contributed by atoms with Crippen LogP contribution >= 0.6 is 11.3 Å². The third-order valence-electron chi connectivity index (χ3n) is 3.64. The van der Waals surface area contributed by atoms with E-state index in [1.54, 1.807) is 5.38 Å². The number of hydrogen-bond acceptors (Lipinski definition) is 3. The summed E-state index contributed by atoms with van der Waals surface area (Å²) < 4.78 is 39.7. The third kappa shape index (κ3) is 3.56. The van der Waals surface area contributed by atoms with Gasteiger partial charge < -0.3 is 5.32 Å². The number of aromatic nitrogens is 1. The molecule has 0 fully saturated rings. The Labute approximate surface area is 146 Å². The van der Waals surface area contributed by atoms with Crippen LogP contribution in [0.3, 0.4) is 0 Å². The largest absolute Gasteiger partial charge is 0.346 e. The maximum atomic E-state index is 13.6. The lowest BCUT2D eigenvalue weighted by atomic mass is 10.1. The van der Waals surface area contributed by atoms with Gasteiger partial charge in [0, 0.05) is 10.9 Å². The van der Waals surface area contributed by atoms with E-state index in [-0.39, 0.29) is 6.54 Å². The van der Waals surface area contributed by atoms with Crippen molar-refractivity contribution < 1.29 is 18.0 Å². The van der Waals surface area contributed by atoms with Crippen LogP contribution in [0, 0.1) is 24.4 Å². The molecular formula is C18H13F3N2OS. The van der Waals surface area contributed by atoms with Crippen LogP contribution in [0.5, 0.6) is 0 Å². The highest BCUT2D eigenvalue weighted by Gasteiger charge is 2.18. The quantitative estimate of drug-likeness (QED) is 0.696. The summed E-state index contributed by atoms with van der Waals surface area (Å²) in [7, 11) is 0.